The van der Waals surface area contributed by atoms with Crippen LogP contribution in [0.5, 0.6) is 0 Å². The van der Waals surface area contributed by atoms with E-state index >= 15 is 0 Å². The second kappa shape index (κ2) is 7.47. The summed E-state index contributed by atoms with van der Waals surface area (Å²) >= 11 is 1.67. The Labute approximate surface area is 159 Å². The van der Waals surface area contributed by atoms with Gasteiger partial charge < -0.3 is 5.32 Å². The molecule has 0 spiro atoms. The average molecular weight is 362 g/mol. The van der Waals surface area contributed by atoms with Crippen LogP contribution in [-0.4, -0.2) is 18.5 Å². The summed E-state index contributed by atoms with van der Waals surface area (Å²) < 4.78 is 0. The van der Waals surface area contributed by atoms with Crippen molar-refractivity contribution in [1.29, 1.82) is 0 Å². The van der Waals surface area contributed by atoms with Crippen molar-refractivity contribution >= 4 is 29.0 Å². The minimum absolute atomic E-state index is 0.0195. The van der Waals surface area contributed by atoms with Crippen molar-refractivity contribution in [1.82, 2.24) is 0 Å². The number of anilines is 2. The van der Waals surface area contributed by atoms with Gasteiger partial charge in [0.05, 0.1) is 17.8 Å². The molecule has 1 saturated carbocycles. The van der Waals surface area contributed by atoms with Crippen LogP contribution in [0, 0.1) is 11.8 Å². The van der Waals surface area contributed by atoms with E-state index in [4.69, 9.17) is 0 Å². The summed E-state index contributed by atoms with van der Waals surface area (Å²) in [6.45, 7) is 2.22. The minimum Gasteiger partial charge on any atom is -0.382 e. The molecule has 2 aromatic carbocycles. The minimum atomic E-state index is 0.0195. The van der Waals surface area contributed by atoms with Gasteiger partial charge in [0.25, 0.3) is 5.91 Å². The number of hydrogen-bond donors (Lipinski definition) is 1. The third-order valence-corrected chi connectivity index (χ3v) is 6.10. The first kappa shape index (κ1) is 17.1. The van der Waals surface area contributed by atoms with Gasteiger partial charge in [-0.3, -0.25) is 9.69 Å². The number of benzene rings is 2. The maximum Gasteiger partial charge on any atom is 0.260 e. The van der Waals surface area contributed by atoms with Crippen LogP contribution < -0.4 is 10.2 Å². The van der Waals surface area contributed by atoms with Crippen molar-refractivity contribution in [2.24, 2.45) is 0 Å². The molecule has 26 heavy (non-hydrogen) atoms. The summed E-state index contributed by atoms with van der Waals surface area (Å²) in [6.07, 6.45) is 5.10. The molecule has 1 aliphatic carbocycles. The first-order chi connectivity index (χ1) is 12.8. The molecule has 1 heterocycles. The smallest absolute Gasteiger partial charge is 0.260 e. The van der Waals surface area contributed by atoms with E-state index in [2.05, 4.69) is 35.4 Å². The first-order valence-electron chi connectivity index (χ1n) is 9.15. The van der Waals surface area contributed by atoms with Gasteiger partial charge in [0.2, 0.25) is 0 Å². The molecule has 2 aromatic rings. The molecule has 132 valence electrons. The highest BCUT2D eigenvalue weighted by Gasteiger charge is 2.27. The van der Waals surface area contributed by atoms with Crippen LogP contribution in [0.4, 0.5) is 11.4 Å². The molecule has 4 heteroatoms. The number of amides is 1. The fourth-order valence-corrected chi connectivity index (χ4v) is 4.75. The summed E-state index contributed by atoms with van der Waals surface area (Å²) in [6, 6.07) is 14.7. The number of carbonyl (C=O) groups excluding carboxylic acids is 1. The zero-order chi connectivity index (χ0) is 17.9. The van der Waals surface area contributed by atoms with E-state index in [0.29, 0.717) is 12.6 Å². The van der Waals surface area contributed by atoms with E-state index in [-0.39, 0.29) is 5.91 Å². The van der Waals surface area contributed by atoms with Crippen LogP contribution in [0.15, 0.2) is 52.3 Å². The van der Waals surface area contributed by atoms with Gasteiger partial charge >= 0.3 is 0 Å². The molecule has 1 aliphatic heterocycles. The van der Waals surface area contributed by atoms with E-state index in [1.165, 1.54) is 25.7 Å². The summed E-state index contributed by atoms with van der Waals surface area (Å²) in [4.78, 5) is 17.0. The van der Waals surface area contributed by atoms with Gasteiger partial charge in [-0.05, 0) is 50.1 Å². The van der Waals surface area contributed by atoms with Gasteiger partial charge in [-0.1, -0.05) is 42.7 Å². The highest BCUT2D eigenvalue weighted by atomic mass is 32.2. The predicted molar refractivity (Wildman–Crippen MR) is 108 cm³/mol. The molecular weight excluding hydrogens is 340 g/mol. The number of rotatable bonds is 3. The summed E-state index contributed by atoms with van der Waals surface area (Å²) in [5.41, 5.74) is 2.82. The highest BCUT2D eigenvalue weighted by molar-refractivity contribution is 7.99. The predicted octanol–water partition coefficient (Wildman–Crippen LogP) is 5.18. The molecule has 1 amide bonds. The van der Waals surface area contributed by atoms with Gasteiger partial charge in [-0.25, -0.2) is 0 Å². The van der Waals surface area contributed by atoms with Gasteiger partial charge in [0.15, 0.2) is 0 Å². The maximum absolute atomic E-state index is 13.1. The van der Waals surface area contributed by atoms with E-state index in [1.807, 2.05) is 24.3 Å². The summed E-state index contributed by atoms with van der Waals surface area (Å²) in [5.74, 6) is 5.98. The average Bonchev–Trinajstić information content (AvgIpc) is 3.13. The Morgan fingerprint density at radius 2 is 1.96 bits per heavy atom. The van der Waals surface area contributed by atoms with Gasteiger partial charge in [-0.15, -0.1) is 5.92 Å². The number of nitrogens with one attached hydrogen (secondary N) is 1. The Morgan fingerprint density at radius 3 is 2.77 bits per heavy atom. The Balaban J connectivity index is 1.74. The number of fused-ring (bicyclic) bond motifs is 2. The van der Waals surface area contributed by atoms with Crippen LogP contribution in [0.2, 0.25) is 0 Å². The van der Waals surface area contributed by atoms with Crippen molar-refractivity contribution in [2.75, 3.05) is 16.8 Å². The van der Waals surface area contributed by atoms with Crippen LogP contribution in [0.25, 0.3) is 0 Å². The first-order valence-corrected chi connectivity index (χ1v) is 9.97. The van der Waals surface area contributed by atoms with Crippen molar-refractivity contribution < 1.29 is 4.79 Å². The molecule has 4 rings (SSSR count). The molecule has 2 aliphatic rings. The zero-order valence-corrected chi connectivity index (χ0v) is 15.7. The van der Waals surface area contributed by atoms with Gasteiger partial charge in [-0.2, -0.15) is 0 Å². The normalized spacial score (nSPS) is 16.3. The molecule has 0 bridgehead atoms. The molecule has 0 unspecified atom stereocenters. The Bertz CT molecular complexity index is 891. The lowest BCUT2D eigenvalue weighted by molar-refractivity contribution is 0.0987. The lowest BCUT2D eigenvalue weighted by Crippen LogP contribution is -2.31. The quantitative estimate of drug-likeness (QED) is 0.764. The van der Waals surface area contributed by atoms with Crippen molar-refractivity contribution in [2.45, 2.75) is 48.4 Å². The van der Waals surface area contributed by atoms with Crippen molar-refractivity contribution in [3.63, 3.8) is 0 Å². The Kier molecular flexibility index (Phi) is 4.90. The molecule has 0 atom stereocenters. The van der Waals surface area contributed by atoms with Crippen LogP contribution in [0.3, 0.4) is 0 Å². The lowest BCUT2D eigenvalue weighted by Gasteiger charge is -2.22. The van der Waals surface area contributed by atoms with Crippen LogP contribution in [-0.2, 0) is 0 Å². The number of nitrogens with zero attached hydrogens (tertiary/aromatic N) is 1. The Hall–Kier alpha value is -2.38. The van der Waals surface area contributed by atoms with E-state index < -0.39 is 0 Å². The van der Waals surface area contributed by atoms with Crippen LogP contribution >= 0.6 is 11.8 Å². The van der Waals surface area contributed by atoms with Gasteiger partial charge in [0, 0.05) is 21.5 Å². The summed E-state index contributed by atoms with van der Waals surface area (Å²) in [7, 11) is 0. The lowest BCUT2D eigenvalue weighted by atomic mass is 10.1. The Morgan fingerprint density at radius 1 is 1.15 bits per heavy atom. The second-order valence-electron chi connectivity index (χ2n) is 6.72. The fourth-order valence-electron chi connectivity index (χ4n) is 3.64. The van der Waals surface area contributed by atoms with E-state index in [1.54, 1.807) is 23.6 Å². The standard InChI is InChI=1S/C22H22N2OS/c1-2-3-14-24-19-13-12-17(23-16-8-4-5-9-16)15-21(19)26-20-11-7-6-10-18(20)22(24)25/h6-7,10-13,15-16,23H,4-5,8-9,14H2,1H3. The molecule has 0 saturated heterocycles. The number of hydrogen-bond acceptors (Lipinski definition) is 3. The third kappa shape index (κ3) is 3.32. The second-order valence-corrected chi connectivity index (χ2v) is 7.81. The molecule has 0 radical (unpaired) electrons. The topological polar surface area (TPSA) is 32.3 Å². The largest absolute Gasteiger partial charge is 0.382 e. The fraction of sp³-hybridized carbons (Fsp3) is 0.318. The molecule has 0 aromatic heterocycles. The molecule has 1 fully saturated rings. The molecular formula is C22H22N2OS. The molecule has 1 N–H and O–H groups in total. The highest BCUT2D eigenvalue weighted by Crippen LogP contribution is 2.42. The van der Waals surface area contributed by atoms with Crippen molar-refractivity contribution in [3.8, 4) is 11.8 Å². The van der Waals surface area contributed by atoms with Crippen LogP contribution in [0.1, 0.15) is 43.0 Å². The monoisotopic (exact) mass is 362 g/mol. The van der Waals surface area contributed by atoms with E-state index in [9.17, 15) is 4.79 Å². The maximum atomic E-state index is 13.1. The zero-order valence-electron chi connectivity index (χ0n) is 14.9. The van der Waals surface area contributed by atoms with E-state index in [0.717, 1.165) is 26.7 Å². The number of carbonyl (C=O) groups is 1. The van der Waals surface area contributed by atoms with Gasteiger partial charge in [0.1, 0.15) is 0 Å². The molecule has 3 nitrogen and oxygen atoms in total. The summed E-state index contributed by atoms with van der Waals surface area (Å²) in [5, 5.41) is 3.66. The van der Waals surface area contributed by atoms with Crippen molar-refractivity contribution in [3.05, 3.63) is 48.0 Å². The SMILES string of the molecule is CC#CCN1C(=O)c2ccccc2Sc2cc(NC3CCCC3)ccc21. The third-order valence-electron chi connectivity index (χ3n) is 4.97.